The van der Waals surface area contributed by atoms with Crippen LogP contribution in [0.5, 0.6) is 0 Å². The van der Waals surface area contributed by atoms with E-state index in [1.54, 1.807) is 0 Å². The van der Waals surface area contributed by atoms with Crippen molar-refractivity contribution in [2.45, 2.75) is 6.92 Å². The molecule has 48 valence electrons. The van der Waals surface area contributed by atoms with Gasteiger partial charge in [-0.1, -0.05) is 6.58 Å². The smallest absolute Gasteiger partial charge is 1.00 e. The molecule has 0 aromatic heterocycles. The van der Waals surface area contributed by atoms with Gasteiger partial charge in [0.05, 0.1) is 0 Å². The summed E-state index contributed by atoms with van der Waals surface area (Å²) in [5, 5.41) is 7.59. The molecule has 3 nitrogen and oxygen atoms in total. The van der Waals surface area contributed by atoms with E-state index < -0.39 is 5.97 Å². The molecule has 0 aliphatic rings. The van der Waals surface area contributed by atoms with Gasteiger partial charge in [-0.2, -0.15) is 5.26 Å². The molecule has 0 amide bonds. The second-order valence-electron chi connectivity index (χ2n) is 1.16. The molecule has 0 saturated carbocycles. The molecular weight excluding hydrogens is 130 g/mol. The minimum atomic E-state index is -0.792. The molecule has 0 saturated heterocycles. The Morgan fingerprint density at radius 2 is 2.11 bits per heavy atom. The van der Waals surface area contributed by atoms with Crippen molar-refractivity contribution in [1.29, 1.82) is 0 Å². The first-order valence-electron chi connectivity index (χ1n) is 1.69. The molecule has 0 unspecified atom stereocenters. The molecule has 0 aromatic rings. The summed E-state index contributed by atoms with van der Waals surface area (Å²) in [6, 6.07) is 0. The number of hydrogen-bond acceptors (Lipinski definition) is 3. The summed E-state index contributed by atoms with van der Waals surface area (Å²) in [6.45, 7) is 4.63. The molecule has 0 aliphatic carbocycles. The molecule has 9 heavy (non-hydrogen) atoms. The quantitative estimate of drug-likeness (QED) is 0.178. The van der Waals surface area contributed by atoms with Crippen molar-refractivity contribution < 1.29 is 35.2 Å². The molecule has 0 rings (SSSR count). The van der Waals surface area contributed by atoms with Gasteiger partial charge in [-0.3, -0.25) is 4.89 Å². The van der Waals surface area contributed by atoms with Crippen molar-refractivity contribution >= 4 is 23.3 Å². The van der Waals surface area contributed by atoms with Crippen molar-refractivity contribution in [3.8, 4) is 0 Å². The van der Waals surface area contributed by atoms with Crippen LogP contribution in [0.25, 0.3) is 0 Å². The predicted molar refractivity (Wildman–Crippen MR) is 34.6 cm³/mol. The molecule has 0 aliphatic heterocycles. The van der Waals surface area contributed by atoms with Crippen LogP contribution in [0.2, 0.25) is 0 Å². The zero-order valence-electron chi connectivity index (χ0n) is 5.97. The van der Waals surface area contributed by atoms with Crippen LogP contribution in [0.3, 0.4) is 0 Å². The Hall–Kier alpha value is 0.300. The summed E-state index contributed by atoms with van der Waals surface area (Å²) in [7, 11) is 0. The maximum atomic E-state index is 9.94. The van der Waals surface area contributed by atoms with Crippen LogP contribution in [0.4, 0.5) is 0 Å². The topological polar surface area (TPSA) is 46.5 Å². The zero-order chi connectivity index (χ0) is 5.86. The van der Waals surface area contributed by atoms with Crippen molar-refractivity contribution in [2.75, 3.05) is 0 Å². The van der Waals surface area contributed by atoms with Gasteiger partial charge in [0.15, 0.2) is 17.4 Å². The van der Waals surface area contributed by atoms with E-state index in [4.69, 9.17) is 5.26 Å². The van der Waals surface area contributed by atoms with Gasteiger partial charge in [0.2, 0.25) is 0 Å². The standard InChI is InChI=1S/C4H6O3.Al.Li.4H/c1-3(2)4(5)7-6;;;;;;/h6H,1H2,2H3;;;;;;/q;;+1;;;;-1. The second kappa shape index (κ2) is 8.30. The second-order valence-corrected chi connectivity index (χ2v) is 1.16. The minimum Gasteiger partial charge on any atom is -1.00 e. The molecule has 0 fully saturated rings. The fraction of sp³-hybridized carbons (Fsp3) is 0.250. The largest absolute Gasteiger partial charge is 1.00 e. The Bertz CT molecular complexity index is 109. The summed E-state index contributed by atoms with van der Waals surface area (Å²) in [5.41, 5.74) is 0.183. The van der Waals surface area contributed by atoms with E-state index in [9.17, 15) is 4.79 Å². The van der Waals surface area contributed by atoms with Gasteiger partial charge in [-0.25, -0.2) is 4.79 Å². The molecule has 0 aromatic carbocycles. The first-order valence-corrected chi connectivity index (χ1v) is 1.69. The average Bonchev–Trinajstić information content (AvgIpc) is 1.65. The van der Waals surface area contributed by atoms with Gasteiger partial charge in [0, 0.05) is 5.57 Å². The fourth-order valence-corrected chi connectivity index (χ4v) is 0.0779. The molecule has 1 N–H and O–H groups in total. The van der Waals surface area contributed by atoms with Gasteiger partial charge in [-0.05, 0) is 6.92 Å². The van der Waals surface area contributed by atoms with E-state index in [1.165, 1.54) is 6.92 Å². The van der Waals surface area contributed by atoms with E-state index in [2.05, 4.69) is 11.5 Å². The van der Waals surface area contributed by atoms with E-state index in [0.29, 0.717) is 0 Å². The molecule has 0 atom stereocenters. The normalized spacial score (nSPS) is 6.00. The van der Waals surface area contributed by atoms with Crippen LogP contribution >= 0.6 is 0 Å². The third kappa shape index (κ3) is 8.30. The Balaban J connectivity index is -0.0000000600. The predicted octanol–water partition coefficient (Wildman–Crippen LogP) is -3.49. The van der Waals surface area contributed by atoms with Crippen LogP contribution in [-0.4, -0.2) is 28.6 Å². The summed E-state index contributed by atoms with van der Waals surface area (Å²) in [5.74, 6) is -0.792. The molecule has 5 heteroatoms. The number of rotatable bonds is 1. The van der Waals surface area contributed by atoms with Crippen molar-refractivity contribution in [3.05, 3.63) is 12.2 Å². The van der Waals surface area contributed by atoms with Gasteiger partial charge in [0.1, 0.15) is 0 Å². The molecule has 0 bridgehead atoms. The maximum Gasteiger partial charge on any atom is 1.00 e. The van der Waals surface area contributed by atoms with E-state index in [1.807, 2.05) is 0 Å². The van der Waals surface area contributed by atoms with Crippen LogP contribution in [0, 0.1) is 0 Å². The summed E-state index contributed by atoms with van der Waals surface area (Å²) in [4.78, 5) is 13.2. The monoisotopic (exact) mass is 140 g/mol. The van der Waals surface area contributed by atoms with Gasteiger partial charge < -0.3 is 1.43 Å². The van der Waals surface area contributed by atoms with Crippen LogP contribution < -0.4 is 18.9 Å². The third-order valence-electron chi connectivity index (χ3n) is 0.431. The summed E-state index contributed by atoms with van der Waals surface area (Å²) < 4.78 is 0. The molecule has 0 heterocycles. The van der Waals surface area contributed by atoms with Crippen LogP contribution in [0.15, 0.2) is 12.2 Å². The molecular formula is C4H10AlLiO3. The van der Waals surface area contributed by atoms with Gasteiger partial charge >= 0.3 is 24.8 Å². The third-order valence-corrected chi connectivity index (χ3v) is 0.431. The molecule has 0 spiro atoms. The van der Waals surface area contributed by atoms with Crippen molar-refractivity contribution in [1.82, 2.24) is 0 Å². The number of hydrogen-bond donors (Lipinski definition) is 1. The first-order chi connectivity index (χ1) is 3.18. The van der Waals surface area contributed by atoms with Crippen LogP contribution in [0.1, 0.15) is 8.35 Å². The Morgan fingerprint density at radius 1 is 1.78 bits per heavy atom. The van der Waals surface area contributed by atoms with E-state index >= 15 is 0 Å². The van der Waals surface area contributed by atoms with E-state index in [0.717, 1.165) is 0 Å². The Labute approximate surface area is 77.8 Å². The average molecular weight is 140 g/mol. The van der Waals surface area contributed by atoms with Crippen molar-refractivity contribution in [3.63, 3.8) is 0 Å². The number of carbonyl (C=O) groups excluding carboxylic acids is 1. The zero-order valence-corrected chi connectivity index (χ0v) is 4.97. The SMILES string of the molecule is C=C(C)C(=O)OO.[AlH3].[H-].[Li+]. The van der Waals surface area contributed by atoms with Gasteiger partial charge in [0.25, 0.3) is 0 Å². The Kier molecular flexibility index (Phi) is 14.9. The first kappa shape index (κ1) is 16.1. The summed E-state index contributed by atoms with van der Waals surface area (Å²) >= 11 is 0. The van der Waals surface area contributed by atoms with Crippen molar-refractivity contribution in [2.24, 2.45) is 0 Å². The van der Waals surface area contributed by atoms with Gasteiger partial charge in [-0.15, -0.1) is 0 Å². The molecule has 0 radical (unpaired) electrons. The minimum absolute atomic E-state index is 0. The Morgan fingerprint density at radius 3 is 2.11 bits per heavy atom. The van der Waals surface area contributed by atoms with Crippen LogP contribution in [-0.2, 0) is 9.68 Å². The maximum absolute atomic E-state index is 9.94. The number of carbonyl (C=O) groups is 1. The van der Waals surface area contributed by atoms with E-state index in [-0.39, 0.29) is 43.2 Å². The summed E-state index contributed by atoms with van der Waals surface area (Å²) in [6.07, 6.45) is 0. The fourth-order valence-electron chi connectivity index (χ4n) is 0.0779.